The lowest BCUT2D eigenvalue weighted by Crippen LogP contribution is -2.40. The number of carbonyl (C=O) groups excluding carboxylic acids is 2. The Kier molecular flexibility index (Phi) is 4.70. The van der Waals surface area contributed by atoms with Crippen molar-refractivity contribution < 1.29 is 9.59 Å². The van der Waals surface area contributed by atoms with Crippen LogP contribution in [-0.4, -0.2) is 23.4 Å². The zero-order valence-electron chi connectivity index (χ0n) is 12.2. The Bertz CT molecular complexity index is 473. The van der Waals surface area contributed by atoms with Gasteiger partial charge in [0, 0.05) is 22.7 Å². The molecule has 0 aliphatic heterocycles. The Morgan fingerprint density at radius 1 is 1.05 bits per heavy atom. The minimum Gasteiger partial charge on any atom is -0.350 e. The number of nitrogens with one attached hydrogen (secondary N) is 2. The Labute approximate surface area is 114 Å². The fourth-order valence-corrected chi connectivity index (χ4v) is 1.56. The molecule has 0 aromatic heterocycles. The van der Waals surface area contributed by atoms with Gasteiger partial charge in [-0.2, -0.15) is 0 Å². The summed E-state index contributed by atoms with van der Waals surface area (Å²) in [6.07, 6.45) is 0. The summed E-state index contributed by atoms with van der Waals surface area (Å²) in [6.45, 7) is 9.54. The van der Waals surface area contributed by atoms with Crippen LogP contribution in [0.15, 0.2) is 24.3 Å². The maximum atomic E-state index is 12.0. The number of benzene rings is 1. The first-order chi connectivity index (χ1) is 8.69. The third-order valence-corrected chi connectivity index (χ3v) is 2.30. The number of amides is 2. The van der Waals surface area contributed by atoms with E-state index in [1.54, 1.807) is 24.3 Å². The summed E-state index contributed by atoms with van der Waals surface area (Å²) in [4.78, 5) is 23.9. The Balaban J connectivity index is 2.88. The van der Waals surface area contributed by atoms with Gasteiger partial charge in [0.05, 0.1) is 0 Å². The molecule has 1 aromatic rings. The highest BCUT2D eigenvalue weighted by Gasteiger charge is 2.16. The highest BCUT2D eigenvalue weighted by atomic mass is 16.2. The minimum atomic E-state index is -0.298. The zero-order valence-corrected chi connectivity index (χ0v) is 12.2. The number of hydrogen-bond donors (Lipinski definition) is 2. The summed E-state index contributed by atoms with van der Waals surface area (Å²) < 4.78 is 0. The molecule has 0 fully saturated rings. The number of hydrogen-bond acceptors (Lipinski definition) is 2. The van der Waals surface area contributed by atoms with E-state index in [2.05, 4.69) is 10.6 Å². The summed E-state index contributed by atoms with van der Waals surface area (Å²) in [5.41, 5.74) is 0.689. The molecule has 19 heavy (non-hydrogen) atoms. The molecule has 0 bridgehead atoms. The van der Waals surface area contributed by atoms with Crippen LogP contribution in [0.4, 0.5) is 0 Å². The van der Waals surface area contributed by atoms with Crippen LogP contribution in [0, 0.1) is 0 Å². The summed E-state index contributed by atoms with van der Waals surface area (Å²) in [7, 11) is 0. The first kappa shape index (κ1) is 15.2. The third kappa shape index (κ3) is 5.12. The molecule has 0 radical (unpaired) electrons. The van der Waals surface area contributed by atoms with E-state index in [-0.39, 0.29) is 23.4 Å². The molecule has 2 amide bonds. The van der Waals surface area contributed by atoms with Gasteiger partial charge in [-0.1, -0.05) is 6.07 Å². The summed E-state index contributed by atoms with van der Waals surface area (Å²) in [5.74, 6) is -0.341. The fraction of sp³-hybridized carbons (Fsp3) is 0.467. The maximum Gasteiger partial charge on any atom is 0.251 e. The van der Waals surface area contributed by atoms with E-state index in [0.717, 1.165) is 0 Å². The third-order valence-electron chi connectivity index (χ3n) is 2.30. The fourth-order valence-electron chi connectivity index (χ4n) is 1.56. The van der Waals surface area contributed by atoms with Crippen LogP contribution in [0.25, 0.3) is 0 Å². The Morgan fingerprint density at radius 3 is 2.05 bits per heavy atom. The standard InChI is InChI=1S/C15H22N2O2/c1-10(2)16-13(18)11-7-6-8-12(9-11)14(19)17-15(3,4)5/h6-10H,1-5H3,(H,16,18)(H,17,19). The van der Waals surface area contributed by atoms with Crippen LogP contribution < -0.4 is 10.6 Å². The van der Waals surface area contributed by atoms with E-state index in [1.165, 1.54) is 0 Å². The maximum absolute atomic E-state index is 12.0. The monoisotopic (exact) mass is 262 g/mol. The van der Waals surface area contributed by atoms with Gasteiger partial charge in [0.15, 0.2) is 0 Å². The molecule has 0 unspecified atom stereocenters. The second-order valence-electron chi connectivity index (χ2n) is 5.91. The second-order valence-corrected chi connectivity index (χ2v) is 5.91. The first-order valence-corrected chi connectivity index (χ1v) is 6.42. The molecule has 0 saturated heterocycles. The van der Waals surface area contributed by atoms with Gasteiger partial charge in [0.1, 0.15) is 0 Å². The number of rotatable bonds is 3. The van der Waals surface area contributed by atoms with Crippen molar-refractivity contribution in [2.24, 2.45) is 0 Å². The van der Waals surface area contributed by atoms with E-state index in [4.69, 9.17) is 0 Å². The minimum absolute atomic E-state index is 0.0690. The van der Waals surface area contributed by atoms with Crippen LogP contribution in [0.1, 0.15) is 55.3 Å². The largest absolute Gasteiger partial charge is 0.350 e. The van der Waals surface area contributed by atoms with Gasteiger partial charge in [-0.25, -0.2) is 0 Å². The van der Waals surface area contributed by atoms with E-state index < -0.39 is 0 Å². The van der Waals surface area contributed by atoms with E-state index in [9.17, 15) is 9.59 Å². The van der Waals surface area contributed by atoms with Gasteiger partial charge >= 0.3 is 0 Å². The topological polar surface area (TPSA) is 58.2 Å². The van der Waals surface area contributed by atoms with E-state index >= 15 is 0 Å². The Morgan fingerprint density at radius 2 is 1.58 bits per heavy atom. The molecule has 0 aliphatic carbocycles. The summed E-state index contributed by atoms with van der Waals surface area (Å²) in [5, 5.41) is 5.67. The predicted molar refractivity (Wildman–Crippen MR) is 76.3 cm³/mol. The SMILES string of the molecule is CC(C)NC(=O)c1cccc(C(=O)NC(C)(C)C)c1. The van der Waals surface area contributed by atoms with Crippen LogP contribution in [0.5, 0.6) is 0 Å². The first-order valence-electron chi connectivity index (χ1n) is 6.42. The van der Waals surface area contributed by atoms with Crippen molar-refractivity contribution in [2.75, 3.05) is 0 Å². The van der Waals surface area contributed by atoms with Crippen LogP contribution in [-0.2, 0) is 0 Å². The van der Waals surface area contributed by atoms with Gasteiger partial charge in [-0.05, 0) is 52.8 Å². The van der Waals surface area contributed by atoms with Gasteiger partial charge in [0.25, 0.3) is 11.8 Å². The average molecular weight is 262 g/mol. The van der Waals surface area contributed by atoms with Crippen molar-refractivity contribution in [1.82, 2.24) is 10.6 Å². The van der Waals surface area contributed by atoms with E-state index in [1.807, 2.05) is 34.6 Å². The molecule has 0 aliphatic rings. The molecule has 0 atom stereocenters. The van der Waals surface area contributed by atoms with Crippen molar-refractivity contribution in [3.63, 3.8) is 0 Å². The second kappa shape index (κ2) is 5.87. The molecule has 4 nitrogen and oxygen atoms in total. The molecular weight excluding hydrogens is 240 g/mol. The molecule has 0 spiro atoms. The molecule has 1 rings (SSSR count). The van der Waals surface area contributed by atoms with Gasteiger partial charge in [-0.15, -0.1) is 0 Å². The van der Waals surface area contributed by atoms with Crippen LogP contribution in [0.2, 0.25) is 0 Å². The zero-order chi connectivity index (χ0) is 14.6. The quantitative estimate of drug-likeness (QED) is 0.878. The van der Waals surface area contributed by atoms with Crippen molar-refractivity contribution in [2.45, 2.75) is 46.2 Å². The van der Waals surface area contributed by atoms with Crippen molar-refractivity contribution in [3.05, 3.63) is 35.4 Å². The summed E-state index contributed by atoms with van der Waals surface area (Å²) >= 11 is 0. The molecule has 4 heteroatoms. The highest BCUT2D eigenvalue weighted by molar-refractivity contribution is 5.99. The van der Waals surface area contributed by atoms with Crippen LogP contribution >= 0.6 is 0 Å². The predicted octanol–water partition coefficient (Wildman–Crippen LogP) is 2.35. The normalized spacial score (nSPS) is 11.3. The summed E-state index contributed by atoms with van der Waals surface area (Å²) in [6, 6.07) is 6.80. The van der Waals surface area contributed by atoms with Crippen molar-refractivity contribution in [1.29, 1.82) is 0 Å². The lowest BCUT2D eigenvalue weighted by Gasteiger charge is -2.20. The lowest BCUT2D eigenvalue weighted by molar-refractivity contribution is 0.0919. The van der Waals surface area contributed by atoms with Crippen LogP contribution in [0.3, 0.4) is 0 Å². The smallest absolute Gasteiger partial charge is 0.251 e. The van der Waals surface area contributed by atoms with Gasteiger partial charge < -0.3 is 10.6 Å². The number of carbonyl (C=O) groups is 2. The van der Waals surface area contributed by atoms with Gasteiger partial charge in [-0.3, -0.25) is 9.59 Å². The Hall–Kier alpha value is -1.84. The van der Waals surface area contributed by atoms with Crippen molar-refractivity contribution >= 4 is 11.8 Å². The van der Waals surface area contributed by atoms with Crippen molar-refractivity contribution in [3.8, 4) is 0 Å². The van der Waals surface area contributed by atoms with E-state index in [0.29, 0.717) is 11.1 Å². The molecule has 2 N–H and O–H groups in total. The molecule has 0 saturated carbocycles. The average Bonchev–Trinajstić information content (AvgIpc) is 2.26. The molecule has 0 heterocycles. The lowest BCUT2D eigenvalue weighted by atomic mass is 10.1. The highest BCUT2D eigenvalue weighted by Crippen LogP contribution is 2.08. The van der Waals surface area contributed by atoms with Gasteiger partial charge in [0.2, 0.25) is 0 Å². The molecule has 104 valence electrons. The molecule has 1 aromatic carbocycles. The molecular formula is C15H22N2O2.